The molecule has 1 aliphatic carbocycles. The maximum atomic E-state index is 13.6. The van der Waals surface area contributed by atoms with Crippen molar-refractivity contribution in [3.63, 3.8) is 0 Å². The van der Waals surface area contributed by atoms with E-state index in [2.05, 4.69) is 20.8 Å². The van der Waals surface area contributed by atoms with Crippen LogP contribution < -0.4 is 10.6 Å². The molecule has 0 spiro atoms. The fourth-order valence-electron chi connectivity index (χ4n) is 4.53. The summed E-state index contributed by atoms with van der Waals surface area (Å²) in [7, 11) is 0. The van der Waals surface area contributed by atoms with Gasteiger partial charge in [-0.25, -0.2) is 4.98 Å². The smallest absolute Gasteiger partial charge is 0.322 e. The highest BCUT2D eigenvalue weighted by atomic mass is 35.5. The lowest BCUT2D eigenvalue weighted by atomic mass is 9.99. The second kappa shape index (κ2) is 9.96. The molecule has 2 N–H and O–H groups in total. The number of hydrogen-bond donors (Lipinski definition) is 2. The molecule has 2 heterocycles. The van der Waals surface area contributed by atoms with Crippen molar-refractivity contribution in [2.24, 2.45) is 0 Å². The van der Waals surface area contributed by atoms with E-state index in [4.69, 9.17) is 21.0 Å². The topological polar surface area (TPSA) is 110 Å². The molecule has 0 saturated heterocycles. The third-order valence-corrected chi connectivity index (χ3v) is 6.96. The molecule has 0 aliphatic heterocycles. The van der Waals surface area contributed by atoms with Gasteiger partial charge in [-0.3, -0.25) is 14.9 Å². The van der Waals surface area contributed by atoms with E-state index in [9.17, 15) is 9.59 Å². The van der Waals surface area contributed by atoms with Gasteiger partial charge in [0.25, 0.3) is 11.8 Å². The highest BCUT2D eigenvalue weighted by Gasteiger charge is 2.29. The summed E-state index contributed by atoms with van der Waals surface area (Å²) in [6.07, 6.45) is 2.05. The van der Waals surface area contributed by atoms with Gasteiger partial charge in [0.1, 0.15) is 0 Å². The average molecular weight is 538 g/mol. The number of benzene rings is 3. The number of anilines is 2. The van der Waals surface area contributed by atoms with Crippen LogP contribution in [-0.2, 0) is 0 Å². The van der Waals surface area contributed by atoms with E-state index in [1.165, 1.54) is 0 Å². The first-order valence-electron chi connectivity index (χ1n) is 12.6. The second-order valence-electron chi connectivity index (χ2n) is 9.72. The molecule has 0 unspecified atom stereocenters. The fourth-order valence-corrected chi connectivity index (χ4v) is 4.76. The maximum absolute atomic E-state index is 13.6. The van der Waals surface area contributed by atoms with Gasteiger partial charge in [0, 0.05) is 33.1 Å². The molecule has 0 atom stereocenters. The highest BCUT2D eigenvalue weighted by Crippen LogP contribution is 2.39. The number of hydrogen-bond acceptors (Lipinski definition) is 6. The Labute approximate surface area is 229 Å². The Kier molecular flexibility index (Phi) is 6.32. The molecule has 194 valence electrons. The van der Waals surface area contributed by atoms with Crippen molar-refractivity contribution in [3.05, 3.63) is 99.9 Å². The van der Waals surface area contributed by atoms with Crippen molar-refractivity contribution in [2.45, 2.75) is 32.6 Å². The van der Waals surface area contributed by atoms with Crippen molar-refractivity contribution in [1.82, 2.24) is 15.2 Å². The summed E-state index contributed by atoms with van der Waals surface area (Å²) in [5, 5.41) is 14.7. The number of nitrogens with zero attached hydrogens (tertiary/aromatic N) is 3. The Morgan fingerprint density at radius 3 is 2.44 bits per heavy atom. The van der Waals surface area contributed by atoms with Gasteiger partial charge in [0.05, 0.1) is 16.8 Å². The molecule has 3 aromatic carbocycles. The number of carbonyl (C=O) groups excluding carboxylic acids is 2. The van der Waals surface area contributed by atoms with Crippen molar-refractivity contribution >= 4 is 46.0 Å². The van der Waals surface area contributed by atoms with Crippen molar-refractivity contribution in [3.8, 4) is 11.3 Å². The van der Waals surface area contributed by atoms with E-state index < -0.39 is 0 Å². The number of nitrogens with one attached hydrogen (secondary N) is 2. The van der Waals surface area contributed by atoms with Gasteiger partial charge >= 0.3 is 6.01 Å². The van der Waals surface area contributed by atoms with Crippen LogP contribution in [-0.4, -0.2) is 27.0 Å². The number of carbonyl (C=O) groups is 2. The molecule has 0 bridgehead atoms. The summed E-state index contributed by atoms with van der Waals surface area (Å²) in [5.41, 5.74) is 5.50. The Balaban J connectivity index is 1.26. The van der Waals surface area contributed by atoms with Gasteiger partial charge in [0.15, 0.2) is 0 Å². The van der Waals surface area contributed by atoms with Gasteiger partial charge < -0.3 is 9.73 Å². The lowest BCUT2D eigenvalue weighted by molar-refractivity contribution is 0.101. The minimum absolute atomic E-state index is 0.0729. The molecule has 5 aromatic rings. The predicted molar refractivity (Wildman–Crippen MR) is 150 cm³/mol. The largest absolute Gasteiger partial charge is 0.408 e. The number of amides is 2. The van der Waals surface area contributed by atoms with Crippen LogP contribution in [0, 0.1) is 13.8 Å². The number of rotatable bonds is 6. The molecule has 2 amide bonds. The molecule has 8 nitrogen and oxygen atoms in total. The van der Waals surface area contributed by atoms with E-state index in [0.29, 0.717) is 39.3 Å². The number of fused-ring (bicyclic) bond motifs is 1. The summed E-state index contributed by atoms with van der Waals surface area (Å²) >= 11 is 6.46. The van der Waals surface area contributed by atoms with Crippen LogP contribution in [0.1, 0.15) is 56.5 Å². The molecule has 1 fully saturated rings. The summed E-state index contributed by atoms with van der Waals surface area (Å²) in [6, 6.07) is 19.8. The Morgan fingerprint density at radius 1 is 0.923 bits per heavy atom. The van der Waals surface area contributed by atoms with E-state index in [-0.39, 0.29) is 17.8 Å². The molecule has 1 aliphatic rings. The van der Waals surface area contributed by atoms with Crippen LogP contribution in [0.2, 0.25) is 5.02 Å². The van der Waals surface area contributed by atoms with Gasteiger partial charge in [-0.15, -0.1) is 5.10 Å². The van der Waals surface area contributed by atoms with E-state index in [1.807, 2.05) is 44.2 Å². The van der Waals surface area contributed by atoms with E-state index in [1.54, 1.807) is 36.4 Å². The van der Waals surface area contributed by atoms with Crippen LogP contribution in [0.3, 0.4) is 0 Å². The lowest BCUT2D eigenvalue weighted by Gasteiger charge is -2.14. The Hall–Kier alpha value is -4.56. The summed E-state index contributed by atoms with van der Waals surface area (Å²) < 4.78 is 5.50. The normalized spacial score (nSPS) is 12.9. The van der Waals surface area contributed by atoms with Gasteiger partial charge in [-0.1, -0.05) is 46.5 Å². The lowest BCUT2D eigenvalue weighted by Crippen LogP contribution is -2.15. The third kappa shape index (κ3) is 5.11. The number of pyridine rings is 1. The molecule has 0 radical (unpaired) electrons. The van der Waals surface area contributed by atoms with Gasteiger partial charge in [-0.05, 0) is 74.7 Å². The summed E-state index contributed by atoms with van der Waals surface area (Å²) in [4.78, 5) is 31.0. The molecule has 6 rings (SSSR count). The molecule has 2 aromatic heterocycles. The van der Waals surface area contributed by atoms with Gasteiger partial charge in [0.2, 0.25) is 5.89 Å². The molecular weight excluding hydrogens is 514 g/mol. The fraction of sp³-hybridized carbons (Fsp3) is 0.167. The second-order valence-corrected chi connectivity index (χ2v) is 10.1. The van der Waals surface area contributed by atoms with Gasteiger partial charge in [-0.2, -0.15) is 0 Å². The first-order chi connectivity index (χ1) is 18.9. The first-order valence-corrected chi connectivity index (χ1v) is 13.0. The van der Waals surface area contributed by atoms with Crippen LogP contribution in [0.25, 0.3) is 22.2 Å². The molecular formula is C30H24ClN5O3. The van der Waals surface area contributed by atoms with Crippen LogP contribution in [0.15, 0.2) is 71.1 Å². The number of aryl methyl sites for hydroxylation is 2. The van der Waals surface area contributed by atoms with Crippen molar-refractivity contribution in [1.29, 1.82) is 0 Å². The monoisotopic (exact) mass is 537 g/mol. The molecule has 1 saturated carbocycles. The van der Waals surface area contributed by atoms with Crippen LogP contribution in [0.4, 0.5) is 11.7 Å². The van der Waals surface area contributed by atoms with Crippen LogP contribution in [0.5, 0.6) is 0 Å². The zero-order valence-electron chi connectivity index (χ0n) is 21.3. The highest BCUT2D eigenvalue weighted by molar-refractivity contribution is 6.33. The Bertz CT molecular complexity index is 1740. The summed E-state index contributed by atoms with van der Waals surface area (Å²) in [6.45, 7) is 3.96. The quantitative estimate of drug-likeness (QED) is 0.243. The number of halogens is 1. The number of aromatic nitrogens is 3. The summed E-state index contributed by atoms with van der Waals surface area (Å²) in [5.74, 6) is 0.179. The van der Waals surface area contributed by atoms with Crippen LogP contribution >= 0.6 is 11.6 Å². The zero-order valence-corrected chi connectivity index (χ0v) is 22.0. The zero-order chi connectivity index (χ0) is 27.1. The van der Waals surface area contributed by atoms with Crippen molar-refractivity contribution < 1.29 is 14.0 Å². The first kappa shape index (κ1) is 24.8. The predicted octanol–water partition coefficient (Wildman–Crippen LogP) is 6.94. The Morgan fingerprint density at radius 2 is 1.69 bits per heavy atom. The molecule has 9 heteroatoms. The SMILES string of the molecule is Cc1cc(C)c2nc(-c3ccccc3Cl)cc(C(=O)Nc3ccc(C(=O)Nc4nnc(C5CC5)o4)cc3)c2c1. The standard InChI is InChI=1S/C30H24ClN5O3/c1-16-13-17(2)26-22(14-16)23(15-25(33-26)21-5-3-4-6-24(21)31)28(38)32-20-11-9-18(10-12-20)27(37)34-30-36-35-29(39-30)19-7-8-19/h3-6,9-15,19H,7-8H2,1-2H3,(H,32,38)(H,34,36,37). The average Bonchev–Trinajstić information content (AvgIpc) is 3.67. The van der Waals surface area contributed by atoms with E-state index >= 15 is 0 Å². The molecule has 39 heavy (non-hydrogen) atoms. The minimum Gasteiger partial charge on any atom is -0.408 e. The third-order valence-electron chi connectivity index (χ3n) is 6.64. The van der Waals surface area contributed by atoms with E-state index in [0.717, 1.165) is 40.4 Å². The van der Waals surface area contributed by atoms with Crippen molar-refractivity contribution in [2.75, 3.05) is 10.6 Å². The maximum Gasteiger partial charge on any atom is 0.322 e. The minimum atomic E-state index is -0.380.